The first-order valence-electron chi connectivity index (χ1n) is 6.38. The number of nitrogens with two attached hydrogens (primary N) is 1. The number of Topliss-reactive ketones (excluding diaryl/α,β-unsaturated/α-hetero) is 1. The molecular formula is C14H18N2O4. The Morgan fingerprint density at radius 3 is 2.40 bits per heavy atom. The van der Waals surface area contributed by atoms with E-state index in [1.165, 1.54) is 0 Å². The summed E-state index contributed by atoms with van der Waals surface area (Å²) in [5.41, 5.74) is 5.69. The number of carboxylic acid groups (broad SMARTS) is 1. The Kier molecular flexibility index (Phi) is 6.39. The quantitative estimate of drug-likeness (QED) is 0.366. The second kappa shape index (κ2) is 8.06. The van der Waals surface area contributed by atoms with Crippen LogP contribution in [0.2, 0.25) is 0 Å². The minimum atomic E-state index is -1.03. The van der Waals surface area contributed by atoms with E-state index >= 15 is 0 Å². The number of amides is 1. The van der Waals surface area contributed by atoms with Crippen LogP contribution in [0, 0.1) is 0 Å². The van der Waals surface area contributed by atoms with Gasteiger partial charge in [-0.2, -0.15) is 0 Å². The molecule has 20 heavy (non-hydrogen) atoms. The van der Waals surface area contributed by atoms with Crippen LogP contribution in [0.3, 0.4) is 0 Å². The van der Waals surface area contributed by atoms with E-state index in [0.29, 0.717) is 31.4 Å². The Morgan fingerprint density at radius 1 is 1.15 bits per heavy atom. The van der Waals surface area contributed by atoms with Crippen molar-refractivity contribution >= 4 is 17.7 Å². The molecule has 1 unspecified atom stereocenters. The summed E-state index contributed by atoms with van der Waals surface area (Å²) in [6, 6.07) is 7.42. The number of nitrogens with one attached hydrogen (secondary N) is 1. The van der Waals surface area contributed by atoms with Crippen LogP contribution in [-0.2, 0) is 9.59 Å². The molecular weight excluding hydrogens is 260 g/mol. The van der Waals surface area contributed by atoms with Crippen LogP contribution in [0.1, 0.15) is 29.6 Å². The molecule has 0 spiro atoms. The zero-order valence-corrected chi connectivity index (χ0v) is 11.0. The number of unbranched alkanes of at least 4 members (excludes halogenated alkanes) is 1. The van der Waals surface area contributed by atoms with Gasteiger partial charge >= 0.3 is 5.97 Å². The van der Waals surface area contributed by atoms with Gasteiger partial charge in [0.05, 0.1) is 0 Å². The maximum atomic E-state index is 11.7. The molecule has 0 aliphatic heterocycles. The summed E-state index contributed by atoms with van der Waals surface area (Å²) in [4.78, 5) is 33.7. The van der Waals surface area contributed by atoms with Crippen molar-refractivity contribution < 1.29 is 19.5 Å². The van der Waals surface area contributed by atoms with Gasteiger partial charge in [-0.1, -0.05) is 30.3 Å². The molecule has 1 atom stereocenters. The van der Waals surface area contributed by atoms with Crippen molar-refractivity contribution in [3.8, 4) is 0 Å². The fourth-order valence-electron chi connectivity index (χ4n) is 1.62. The Morgan fingerprint density at radius 2 is 1.80 bits per heavy atom. The van der Waals surface area contributed by atoms with E-state index < -0.39 is 23.7 Å². The molecule has 0 saturated heterocycles. The molecule has 0 aliphatic rings. The third-order valence-electron chi connectivity index (χ3n) is 2.79. The minimum absolute atomic E-state index is 0.323. The first kappa shape index (κ1) is 15.8. The number of hydrogen-bond donors (Lipinski definition) is 3. The van der Waals surface area contributed by atoms with Gasteiger partial charge in [-0.3, -0.25) is 14.4 Å². The van der Waals surface area contributed by atoms with E-state index in [0.717, 1.165) is 0 Å². The van der Waals surface area contributed by atoms with E-state index in [-0.39, 0.29) is 0 Å². The lowest BCUT2D eigenvalue weighted by Crippen LogP contribution is -2.32. The highest BCUT2D eigenvalue weighted by Crippen LogP contribution is 2.01. The molecule has 1 aromatic carbocycles. The fraction of sp³-hybridized carbons (Fsp3) is 0.357. The van der Waals surface area contributed by atoms with Gasteiger partial charge in [0.1, 0.15) is 6.04 Å². The largest absolute Gasteiger partial charge is 0.480 e. The van der Waals surface area contributed by atoms with Crippen LogP contribution in [0.5, 0.6) is 0 Å². The van der Waals surface area contributed by atoms with Crippen molar-refractivity contribution in [1.29, 1.82) is 0 Å². The number of carboxylic acids is 1. The summed E-state index contributed by atoms with van der Waals surface area (Å²) in [6.45, 7) is 0.323. The molecule has 0 aromatic heterocycles. The van der Waals surface area contributed by atoms with Crippen molar-refractivity contribution in [2.45, 2.75) is 25.3 Å². The molecule has 6 nitrogen and oxygen atoms in total. The minimum Gasteiger partial charge on any atom is -0.480 e. The van der Waals surface area contributed by atoms with Crippen molar-refractivity contribution in [3.63, 3.8) is 0 Å². The number of carbonyl (C=O) groups excluding carboxylic acids is 2. The van der Waals surface area contributed by atoms with Gasteiger partial charge in [-0.05, 0) is 19.3 Å². The smallest absolute Gasteiger partial charge is 0.320 e. The number of hydrogen-bond acceptors (Lipinski definition) is 4. The second-order valence-corrected chi connectivity index (χ2v) is 4.39. The zero-order chi connectivity index (χ0) is 15.0. The van der Waals surface area contributed by atoms with Crippen LogP contribution in [0.15, 0.2) is 30.3 Å². The first-order chi connectivity index (χ1) is 9.52. The van der Waals surface area contributed by atoms with E-state index in [9.17, 15) is 14.4 Å². The Labute approximate surface area is 117 Å². The summed E-state index contributed by atoms with van der Waals surface area (Å²) in [5.74, 6) is -2.26. The Bertz CT molecular complexity index is 473. The Hall–Kier alpha value is -2.21. The molecule has 0 bridgehead atoms. The predicted molar refractivity (Wildman–Crippen MR) is 73.2 cm³/mol. The number of aliphatic carboxylic acids is 1. The first-order valence-corrected chi connectivity index (χ1v) is 6.38. The van der Waals surface area contributed by atoms with Crippen LogP contribution >= 0.6 is 0 Å². The van der Waals surface area contributed by atoms with E-state index in [4.69, 9.17) is 10.8 Å². The monoisotopic (exact) mass is 278 g/mol. The highest BCUT2D eigenvalue weighted by atomic mass is 16.4. The SMILES string of the molecule is NC(CCCCNC(=O)C(=O)c1ccccc1)C(=O)O. The lowest BCUT2D eigenvalue weighted by Gasteiger charge is -2.07. The van der Waals surface area contributed by atoms with Crippen LogP contribution in [-0.4, -0.2) is 35.4 Å². The van der Waals surface area contributed by atoms with Gasteiger partial charge < -0.3 is 16.2 Å². The average Bonchev–Trinajstić information content (AvgIpc) is 2.46. The Balaban J connectivity index is 2.24. The second-order valence-electron chi connectivity index (χ2n) is 4.39. The van der Waals surface area contributed by atoms with Crippen LogP contribution < -0.4 is 11.1 Å². The van der Waals surface area contributed by atoms with Crippen molar-refractivity contribution in [2.24, 2.45) is 5.73 Å². The highest BCUT2D eigenvalue weighted by Gasteiger charge is 2.15. The summed E-state index contributed by atoms with van der Waals surface area (Å²) >= 11 is 0. The van der Waals surface area contributed by atoms with Gasteiger partial charge in [0.2, 0.25) is 5.78 Å². The molecule has 4 N–H and O–H groups in total. The lowest BCUT2D eigenvalue weighted by molar-refractivity contribution is -0.138. The lowest BCUT2D eigenvalue weighted by atomic mass is 10.1. The van der Waals surface area contributed by atoms with Crippen molar-refractivity contribution in [3.05, 3.63) is 35.9 Å². The molecule has 1 rings (SSSR count). The third kappa shape index (κ3) is 5.19. The maximum Gasteiger partial charge on any atom is 0.320 e. The molecule has 6 heteroatoms. The molecule has 0 fully saturated rings. The van der Waals surface area contributed by atoms with Gasteiger partial charge in [0.25, 0.3) is 5.91 Å². The number of benzene rings is 1. The molecule has 0 aliphatic carbocycles. The molecule has 0 radical (unpaired) electrons. The number of rotatable bonds is 8. The van der Waals surface area contributed by atoms with Crippen molar-refractivity contribution in [1.82, 2.24) is 5.32 Å². The normalized spacial score (nSPS) is 11.7. The number of ketones is 1. The highest BCUT2D eigenvalue weighted by molar-refractivity contribution is 6.42. The van der Waals surface area contributed by atoms with Gasteiger partial charge in [0, 0.05) is 12.1 Å². The molecule has 0 heterocycles. The maximum absolute atomic E-state index is 11.7. The number of carbonyl (C=O) groups is 3. The molecule has 1 aromatic rings. The van der Waals surface area contributed by atoms with E-state index in [1.807, 2.05) is 0 Å². The van der Waals surface area contributed by atoms with Gasteiger partial charge in [-0.25, -0.2) is 0 Å². The zero-order valence-electron chi connectivity index (χ0n) is 11.0. The van der Waals surface area contributed by atoms with Crippen LogP contribution in [0.25, 0.3) is 0 Å². The van der Waals surface area contributed by atoms with Crippen molar-refractivity contribution in [2.75, 3.05) is 6.54 Å². The molecule has 108 valence electrons. The van der Waals surface area contributed by atoms with Crippen LogP contribution in [0.4, 0.5) is 0 Å². The standard InChI is InChI=1S/C14H18N2O4/c15-11(14(19)20)8-4-5-9-16-13(18)12(17)10-6-2-1-3-7-10/h1-3,6-7,11H,4-5,8-9,15H2,(H,16,18)(H,19,20). The summed E-state index contributed by atoms with van der Waals surface area (Å²) in [7, 11) is 0. The summed E-state index contributed by atoms with van der Waals surface area (Å²) in [6.07, 6.45) is 1.50. The fourth-order valence-corrected chi connectivity index (χ4v) is 1.62. The van der Waals surface area contributed by atoms with Gasteiger partial charge in [-0.15, -0.1) is 0 Å². The average molecular weight is 278 g/mol. The third-order valence-corrected chi connectivity index (χ3v) is 2.79. The molecule has 1 amide bonds. The molecule has 0 saturated carbocycles. The summed E-state index contributed by atoms with van der Waals surface area (Å²) in [5, 5.41) is 11.1. The van der Waals surface area contributed by atoms with E-state index in [2.05, 4.69) is 5.32 Å². The van der Waals surface area contributed by atoms with Gasteiger partial charge in [0.15, 0.2) is 0 Å². The van der Waals surface area contributed by atoms with E-state index in [1.54, 1.807) is 30.3 Å². The predicted octanol–water partition coefficient (Wildman–Crippen LogP) is 0.568. The topological polar surface area (TPSA) is 109 Å². The summed E-state index contributed by atoms with van der Waals surface area (Å²) < 4.78 is 0.